The molecule has 2 bridgehead atoms. The minimum Gasteiger partial charge on any atom is -0.353 e. The maximum absolute atomic E-state index is 5.82. The van der Waals surface area contributed by atoms with Gasteiger partial charge in [0.05, 0.1) is 0 Å². The Balaban J connectivity index is 1.53. The number of rotatable bonds is 2. The third kappa shape index (κ3) is 3.03. The molecule has 0 aromatic heterocycles. The Labute approximate surface area is 105 Å². The topological polar surface area (TPSA) is 18.5 Å². The molecule has 1 saturated heterocycles. The highest BCUT2D eigenvalue weighted by atomic mass is 16.7. The summed E-state index contributed by atoms with van der Waals surface area (Å²) in [7, 11) is 0. The minimum absolute atomic E-state index is 0.112. The van der Waals surface area contributed by atoms with Crippen LogP contribution in [0.15, 0.2) is 0 Å². The van der Waals surface area contributed by atoms with Crippen molar-refractivity contribution in [2.24, 2.45) is 17.8 Å². The summed E-state index contributed by atoms with van der Waals surface area (Å²) in [5.41, 5.74) is 0. The van der Waals surface area contributed by atoms with E-state index in [0.717, 1.165) is 37.4 Å². The molecule has 0 aromatic carbocycles. The van der Waals surface area contributed by atoms with Crippen LogP contribution in [0.5, 0.6) is 0 Å². The summed E-state index contributed by atoms with van der Waals surface area (Å²) in [5, 5.41) is 0. The van der Waals surface area contributed by atoms with Crippen LogP contribution in [0.4, 0.5) is 0 Å². The second-order valence-corrected chi connectivity index (χ2v) is 6.24. The third-order valence-electron chi connectivity index (χ3n) is 5.08. The first-order valence-corrected chi connectivity index (χ1v) is 7.65. The van der Waals surface area contributed by atoms with Gasteiger partial charge in [-0.1, -0.05) is 25.7 Å². The highest BCUT2D eigenvalue weighted by Gasteiger charge is 2.34. The molecule has 2 saturated carbocycles. The maximum atomic E-state index is 5.82. The van der Waals surface area contributed by atoms with Gasteiger partial charge < -0.3 is 9.47 Å². The number of ether oxygens (including phenoxy) is 2. The van der Waals surface area contributed by atoms with Crippen molar-refractivity contribution in [1.82, 2.24) is 0 Å². The van der Waals surface area contributed by atoms with Gasteiger partial charge in [0.15, 0.2) is 6.29 Å². The summed E-state index contributed by atoms with van der Waals surface area (Å²) in [6.07, 6.45) is 12.5. The molecule has 3 rings (SSSR count). The lowest BCUT2D eigenvalue weighted by atomic mass is 9.66. The second-order valence-electron chi connectivity index (χ2n) is 6.24. The molecule has 17 heavy (non-hydrogen) atoms. The van der Waals surface area contributed by atoms with Crippen molar-refractivity contribution in [2.45, 2.75) is 64.1 Å². The van der Waals surface area contributed by atoms with E-state index in [1.54, 1.807) is 0 Å². The fourth-order valence-corrected chi connectivity index (χ4v) is 4.08. The van der Waals surface area contributed by atoms with E-state index in [1.807, 2.05) is 0 Å². The van der Waals surface area contributed by atoms with E-state index >= 15 is 0 Å². The third-order valence-corrected chi connectivity index (χ3v) is 5.08. The molecular formula is C15H26O2. The number of hydrogen-bond acceptors (Lipinski definition) is 2. The van der Waals surface area contributed by atoms with E-state index in [2.05, 4.69) is 0 Å². The second kappa shape index (κ2) is 5.71. The van der Waals surface area contributed by atoms with Crippen LogP contribution in [-0.4, -0.2) is 19.5 Å². The van der Waals surface area contributed by atoms with Gasteiger partial charge in [-0.25, -0.2) is 0 Å². The largest absolute Gasteiger partial charge is 0.353 e. The molecule has 0 spiro atoms. The molecule has 1 aliphatic heterocycles. The van der Waals surface area contributed by atoms with Gasteiger partial charge in [-0.3, -0.25) is 0 Å². The van der Waals surface area contributed by atoms with Crippen molar-refractivity contribution in [3.63, 3.8) is 0 Å². The molecule has 0 radical (unpaired) electrons. The average molecular weight is 238 g/mol. The maximum Gasteiger partial charge on any atom is 0.157 e. The summed E-state index contributed by atoms with van der Waals surface area (Å²) < 4.78 is 11.6. The highest BCUT2D eigenvalue weighted by Crippen LogP contribution is 2.45. The van der Waals surface area contributed by atoms with Crippen LogP contribution in [0, 0.1) is 17.8 Å². The molecule has 2 aliphatic carbocycles. The van der Waals surface area contributed by atoms with Crippen LogP contribution in [-0.2, 0) is 9.47 Å². The van der Waals surface area contributed by atoms with Crippen molar-refractivity contribution < 1.29 is 9.47 Å². The highest BCUT2D eigenvalue weighted by molar-refractivity contribution is 4.84. The molecule has 3 aliphatic rings. The van der Waals surface area contributed by atoms with E-state index in [4.69, 9.17) is 9.47 Å². The molecule has 0 amide bonds. The van der Waals surface area contributed by atoms with Crippen LogP contribution in [0.25, 0.3) is 0 Å². The van der Waals surface area contributed by atoms with Gasteiger partial charge in [0, 0.05) is 19.6 Å². The van der Waals surface area contributed by atoms with Gasteiger partial charge in [-0.2, -0.15) is 0 Å². The van der Waals surface area contributed by atoms with Gasteiger partial charge in [-0.05, 0) is 43.4 Å². The van der Waals surface area contributed by atoms with E-state index in [0.29, 0.717) is 0 Å². The fraction of sp³-hybridized carbons (Fsp3) is 1.00. The molecule has 98 valence electrons. The summed E-state index contributed by atoms with van der Waals surface area (Å²) in [4.78, 5) is 0. The lowest BCUT2D eigenvalue weighted by Crippen LogP contribution is -2.32. The summed E-state index contributed by atoms with van der Waals surface area (Å²) >= 11 is 0. The van der Waals surface area contributed by atoms with E-state index in [9.17, 15) is 0 Å². The Morgan fingerprint density at radius 1 is 0.824 bits per heavy atom. The summed E-state index contributed by atoms with van der Waals surface area (Å²) in [6.45, 7) is 1.81. The van der Waals surface area contributed by atoms with E-state index in [1.165, 1.54) is 51.4 Å². The smallest absolute Gasteiger partial charge is 0.157 e. The SMILES string of the molecule is C1CCOC(CC2CCC3CCCC2C3)OC1. The Bertz CT molecular complexity index is 233. The van der Waals surface area contributed by atoms with Crippen molar-refractivity contribution in [1.29, 1.82) is 0 Å². The molecule has 0 N–H and O–H groups in total. The Kier molecular flexibility index (Phi) is 4.02. The standard InChI is InChI=1S/C15H26O2/c1-2-9-17-15(16-8-1)11-14-7-6-12-4-3-5-13(14)10-12/h12-15H,1-11H2. The zero-order valence-electron chi connectivity index (χ0n) is 10.9. The Hall–Kier alpha value is -0.0800. The van der Waals surface area contributed by atoms with E-state index < -0.39 is 0 Å². The monoisotopic (exact) mass is 238 g/mol. The quantitative estimate of drug-likeness (QED) is 0.729. The molecule has 3 fully saturated rings. The molecular weight excluding hydrogens is 212 g/mol. The minimum atomic E-state index is 0.112. The van der Waals surface area contributed by atoms with Crippen LogP contribution in [0.2, 0.25) is 0 Å². The first kappa shape index (κ1) is 12.0. The van der Waals surface area contributed by atoms with Crippen molar-refractivity contribution in [3.05, 3.63) is 0 Å². The molecule has 0 aromatic rings. The Morgan fingerprint density at radius 2 is 1.65 bits per heavy atom. The molecule has 3 unspecified atom stereocenters. The summed E-state index contributed by atoms with van der Waals surface area (Å²) in [6, 6.07) is 0. The fourth-order valence-electron chi connectivity index (χ4n) is 4.08. The summed E-state index contributed by atoms with van der Waals surface area (Å²) in [5.74, 6) is 2.92. The van der Waals surface area contributed by atoms with Gasteiger partial charge in [0.25, 0.3) is 0 Å². The predicted molar refractivity (Wildman–Crippen MR) is 67.7 cm³/mol. The lowest BCUT2D eigenvalue weighted by Gasteiger charge is -2.41. The zero-order chi connectivity index (χ0) is 11.5. The van der Waals surface area contributed by atoms with Crippen molar-refractivity contribution in [3.8, 4) is 0 Å². The number of hydrogen-bond donors (Lipinski definition) is 0. The normalized spacial score (nSPS) is 39.9. The van der Waals surface area contributed by atoms with Gasteiger partial charge in [0.1, 0.15) is 0 Å². The Morgan fingerprint density at radius 3 is 2.47 bits per heavy atom. The van der Waals surface area contributed by atoms with Crippen LogP contribution in [0.1, 0.15) is 57.8 Å². The molecule has 2 nitrogen and oxygen atoms in total. The van der Waals surface area contributed by atoms with Gasteiger partial charge >= 0.3 is 0 Å². The van der Waals surface area contributed by atoms with Crippen LogP contribution in [0.3, 0.4) is 0 Å². The van der Waals surface area contributed by atoms with Crippen molar-refractivity contribution >= 4 is 0 Å². The van der Waals surface area contributed by atoms with Gasteiger partial charge in [0.2, 0.25) is 0 Å². The first-order chi connectivity index (χ1) is 8.42. The molecule has 2 heteroatoms. The first-order valence-electron chi connectivity index (χ1n) is 7.65. The predicted octanol–water partition coefficient (Wildman–Crippen LogP) is 3.75. The van der Waals surface area contributed by atoms with Crippen LogP contribution < -0.4 is 0 Å². The molecule has 1 heterocycles. The number of fused-ring (bicyclic) bond motifs is 2. The lowest BCUT2D eigenvalue weighted by molar-refractivity contribution is -0.143. The molecule has 3 atom stereocenters. The zero-order valence-corrected chi connectivity index (χ0v) is 10.9. The van der Waals surface area contributed by atoms with Crippen molar-refractivity contribution in [2.75, 3.05) is 13.2 Å². The van der Waals surface area contributed by atoms with Gasteiger partial charge in [-0.15, -0.1) is 0 Å². The van der Waals surface area contributed by atoms with E-state index in [-0.39, 0.29) is 6.29 Å². The average Bonchev–Trinajstić information content (AvgIpc) is 2.62. The van der Waals surface area contributed by atoms with Crippen LogP contribution >= 0.6 is 0 Å².